The van der Waals surface area contributed by atoms with Crippen LogP contribution < -0.4 is 0 Å². The Morgan fingerprint density at radius 3 is 2.89 bits per heavy atom. The number of piperidine rings is 1. The maximum atomic E-state index is 12.1. The van der Waals surface area contributed by atoms with Gasteiger partial charge in [-0.15, -0.1) is 4.28 Å². The topological polar surface area (TPSA) is 113 Å². The molecule has 0 unspecified atom stereocenters. The van der Waals surface area contributed by atoms with Crippen LogP contribution in [-0.2, 0) is 14.7 Å². The Morgan fingerprint density at radius 2 is 2.26 bits per heavy atom. The predicted molar refractivity (Wildman–Crippen MR) is 62.2 cm³/mol. The quantitative estimate of drug-likeness (QED) is 0.794. The number of hydrogen-bond donors (Lipinski definition) is 1. The average Bonchev–Trinajstić information content (AvgIpc) is 2.93. The lowest BCUT2D eigenvalue weighted by atomic mass is 10.0. The number of carbonyl (C=O) groups excluding carboxylic acids is 1. The second kappa shape index (κ2) is 4.37. The monoisotopic (exact) mass is 306 g/mol. The maximum Gasteiger partial charge on any atom is 0.418 e. The minimum atomic E-state index is -4.70. The van der Waals surface area contributed by atoms with Crippen LogP contribution in [0.15, 0.2) is 6.33 Å². The zero-order valence-electron chi connectivity index (χ0n) is 9.54. The van der Waals surface area contributed by atoms with Crippen molar-refractivity contribution in [1.29, 1.82) is 0 Å². The minimum Gasteiger partial charge on any atom is -0.311 e. The largest absolute Gasteiger partial charge is 0.418 e. The molecule has 1 aromatic rings. The van der Waals surface area contributed by atoms with Gasteiger partial charge in [-0.3, -0.25) is 4.55 Å². The van der Waals surface area contributed by atoms with E-state index in [2.05, 4.69) is 13.6 Å². The standard InChI is InChI=1S/C8H10N4O5S2/c13-8-11-3-5(12(8)17-19(14,15)16)1-2-6(11)7-9-4-10-18-7/h4-6H,1-3H2,(H,14,15,16)/t5-,6+/m1/s1. The molecule has 2 fully saturated rings. The van der Waals surface area contributed by atoms with Gasteiger partial charge in [0, 0.05) is 6.54 Å². The van der Waals surface area contributed by atoms with Crippen molar-refractivity contribution in [3.05, 3.63) is 11.3 Å². The molecule has 2 bridgehead atoms. The lowest BCUT2D eigenvalue weighted by Crippen LogP contribution is -2.35. The van der Waals surface area contributed by atoms with E-state index in [0.29, 0.717) is 24.4 Å². The molecule has 2 amide bonds. The average molecular weight is 306 g/mol. The molecule has 1 aromatic heterocycles. The van der Waals surface area contributed by atoms with Gasteiger partial charge in [0.05, 0.1) is 12.1 Å². The number of nitrogens with zero attached hydrogens (tertiary/aromatic N) is 4. The molecule has 19 heavy (non-hydrogen) atoms. The molecule has 2 aliphatic heterocycles. The molecule has 104 valence electrons. The Balaban J connectivity index is 1.84. The first-order valence-electron chi connectivity index (χ1n) is 5.49. The minimum absolute atomic E-state index is 0.216. The van der Waals surface area contributed by atoms with Crippen molar-refractivity contribution in [2.24, 2.45) is 0 Å². The summed E-state index contributed by atoms with van der Waals surface area (Å²) in [6.07, 6.45) is 2.64. The van der Waals surface area contributed by atoms with E-state index in [9.17, 15) is 13.2 Å². The first-order chi connectivity index (χ1) is 8.96. The predicted octanol–water partition coefficient (Wildman–Crippen LogP) is 0.214. The summed E-state index contributed by atoms with van der Waals surface area (Å²) in [5, 5.41) is 1.43. The van der Waals surface area contributed by atoms with Crippen LogP contribution in [0.3, 0.4) is 0 Å². The number of hydrogen-bond acceptors (Lipinski definition) is 7. The van der Waals surface area contributed by atoms with Crippen molar-refractivity contribution in [3.8, 4) is 0 Å². The van der Waals surface area contributed by atoms with Crippen molar-refractivity contribution in [1.82, 2.24) is 19.3 Å². The first kappa shape index (κ1) is 12.7. The molecule has 0 aliphatic carbocycles. The van der Waals surface area contributed by atoms with Gasteiger partial charge in [0.2, 0.25) is 0 Å². The van der Waals surface area contributed by atoms with Crippen molar-refractivity contribution in [2.75, 3.05) is 6.54 Å². The normalized spacial score (nSPS) is 27.1. The van der Waals surface area contributed by atoms with E-state index in [4.69, 9.17) is 4.55 Å². The van der Waals surface area contributed by atoms with Gasteiger partial charge >= 0.3 is 16.4 Å². The molecular weight excluding hydrogens is 296 g/mol. The second-order valence-electron chi connectivity index (χ2n) is 4.29. The van der Waals surface area contributed by atoms with Crippen LogP contribution in [0.1, 0.15) is 23.9 Å². The van der Waals surface area contributed by atoms with Gasteiger partial charge < -0.3 is 4.90 Å². The van der Waals surface area contributed by atoms with Crippen LogP contribution in [0.5, 0.6) is 0 Å². The van der Waals surface area contributed by atoms with E-state index in [-0.39, 0.29) is 12.1 Å². The molecular formula is C8H10N4O5S2. The highest BCUT2D eigenvalue weighted by atomic mass is 32.3. The zero-order valence-corrected chi connectivity index (χ0v) is 11.2. The van der Waals surface area contributed by atoms with Gasteiger partial charge in [-0.05, 0) is 24.4 Å². The molecule has 0 saturated carbocycles. The molecule has 0 spiro atoms. The maximum absolute atomic E-state index is 12.1. The van der Waals surface area contributed by atoms with E-state index in [1.807, 2.05) is 0 Å². The van der Waals surface area contributed by atoms with E-state index >= 15 is 0 Å². The van der Waals surface area contributed by atoms with Gasteiger partial charge in [-0.1, -0.05) is 0 Å². The van der Waals surface area contributed by atoms with Crippen LogP contribution in [0.25, 0.3) is 0 Å². The Labute approximate surface area is 112 Å². The first-order valence-corrected chi connectivity index (χ1v) is 7.63. The fraction of sp³-hybridized carbons (Fsp3) is 0.625. The van der Waals surface area contributed by atoms with E-state index < -0.39 is 16.4 Å². The molecule has 9 nitrogen and oxygen atoms in total. The SMILES string of the molecule is O=C1N2C[C@@H](CC[C@H]2c2ncns2)N1OS(=O)(=O)O. The Hall–Kier alpha value is -1.30. The molecule has 11 heteroatoms. The third kappa shape index (κ3) is 2.29. The van der Waals surface area contributed by atoms with Crippen molar-refractivity contribution >= 4 is 28.0 Å². The highest BCUT2D eigenvalue weighted by Gasteiger charge is 2.48. The third-order valence-corrected chi connectivity index (χ3v) is 4.27. The van der Waals surface area contributed by atoms with E-state index in [1.165, 1.54) is 22.8 Å². The van der Waals surface area contributed by atoms with Gasteiger partial charge in [0.1, 0.15) is 11.3 Å². The molecule has 0 radical (unpaired) electrons. The lowest BCUT2D eigenvalue weighted by molar-refractivity contribution is -0.0317. The lowest BCUT2D eigenvalue weighted by Gasteiger charge is -2.28. The van der Waals surface area contributed by atoms with Gasteiger partial charge in [-0.2, -0.15) is 17.9 Å². The molecule has 3 rings (SSSR count). The van der Waals surface area contributed by atoms with Crippen molar-refractivity contribution in [3.63, 3.8) is 0 Å². The molecule has 2 atom stereocenters. The smallest absolute Gasteiger partial charge is 0.311 e. The zero-order chi connectivity index (χ0) is 13.6. The van der Waals surface area contributed by atoms with Crippen LogP contribution >= 0.6 is 11.5 Å². The summed E-state index contributed by atoms with van der Waals surface area (Å²) in [7, 11) is -4.70. The van der Waals surface area contributed by atoms with Crippen LogP contribution in [0.4, 0.5) is 4.79 Å². The number of urea groups is 1. The Kier molecular flexibility index (Phi) is 2.92. The van der Waals surface area contributed by atoms with Crippen LogP contribution in [0, 0.1) is 0 Å². The molecule has 0 aromatic carbocycles. The van der Waals surface area contributed by atoms with Gasteiger partial charge in [0.25, 0.3) is 0 Å². The Morgan fingerprint density at radius 1 is 1.47 bits per heavy atom. The summed E-state index contributed by atoms with van der Waals surface area (Å²) >= 11 is 1.20. The fourth-order valence-electron chi connectivity index (χ4n) is 2.42. The van der Waals surface area contributed by atoms with Crippen molar-refractivity contribution in [2.45, 2.75) is 24.9 Å². The van der Waals surface area contributed by atoms with E-state index in [1.54, 1.807) is 0 Å². The summed E-state index contributed by atoms with van der Waals surface area (Å²) < 4.78 is 38.4. The highest BCUT2D eigenvalue weighted by Crippen LogP contribution is 2.38. The summed E-state index contributed by atoms with van der Waals surface area (Å²) in [5.74, 6) is 0. The second-order valence-corrected chi connectivity index (χ2v) is 6.11. The number of rotatable bonds is 3. The number of carbonyl (C=O) groups is 1. The molecule has 3 heterocycles. The molecule has 2 aliphatic rings. The number of hydroxylamine groups is 2. The summed E-state index contributed by atoms with van der Waals surface area (Å²) in [6, 6.07) is -1.18. The van der Waals surface area contributed by atoms with Gasteiger partial charge in [0.15, 0.2) is 0 Å². The summed E-state index contributed by atoms with van der Waals surface area (Å²) in [6.45, 7) is 0.346. The van der Waals surface area contributed by atoms with Crippen molar-refractivity contribution < 1.29 is 22.0 Å². The number of aromatic nitrogens is 2. The third-order valence-electron chi connectivity index (χ3n) is 3.16. The molecule has 1 N–H and O–H groups in total. The molecule has 2 saturated heterocycles. The van der Waals surface area contributed by atoms with E-state index in [0.717, 1.165) is 5.06 Å². The van der Waals surface area contributed by atoms with Crippen LogP contribution in [-0.4, -0.2) is 50.9 Å². The van der Waals surface area contributed by atoms with Gasteiger partial charge in [-0.25, -0.2) is 9.78 Å². The van der Waals surface area contributed by atoms with Crippen LogP contribution in [0.2, 0.25) is 0 Å². The highest BCUT2D eigenvalue weighted by molar-refractivity contribution is 7.80. The summed E-state index contributed by atoms with van der Waals surface area (Å²) in [4.78, 5) is 17.6. The number of amides is 2. The fourth-order valence-corrected chi connectivity index (χ4v) is 3.47. The number of fused-ring (bicyclic) bond motifs is 2. The Bertz CT molecular complexity index is 588. The summed E-state index contributed by atoms with van der Waals surface area (Å²) in [5.41, 5.74) is 0.